The lowest BCUT2D eigenvalue weighted by Crippen LogP contribution is -2.33. The van der Waals surface area contributed by atoms with Crippen molar-refractivity contribution in [1.29, 1.82) is 0 Å². The summed E-state index contributed by atoms with van der Waals surface area (Å²) in [7, 11) is 2.06. The van der Waals surface area contributed by atoms with Gasteiger partial charge < -0.3 is 10.1 Å². The van der Waals surface area contributed by atoms with Crippen LogP contribution in [0.5, 0.6) is 0 Å². The fourth-order valence-corrected chi connectivity index (χ4v) is 2.06. The number of rotatable bonds is 4. The van der Waals surface area contributed by atoms with Crippen LogP contribution in [0.3, 0.4) is 0 Å². The van der Waals surface area contributed by atoms with E-state index in [0.717, 1.165) is 12.5 Å². The average Bonchev–Trinajstić information content (AvgIpc) is 2.47. The summed E-state index contributed by atoms with van der Waals surface area (Å²) < 4.78 is 5.55. The molecule has 1 aliphatic rings. The zero-order valence-corrected chi connectivity index (χ0v) is 8.47. The van der Waals surface area contributed by atoms with Crippen molar-refractivity contribution >= 4 is 0 Å². The molecular formula is C10H21NO. The van der Waals surface area contributed by atoms with Gasteiger partial charge >= 0.3 is 0 Å². The first-order valence-electron chi connectivity index (χ1n) is 5.06. The van der Waals surface area contributed by atoms with Gasteiger partial charge in [-0.05, 0) is 26.8 Å². The second-order valence-electron chi connectivity index (χ2n) is 3.82. The molecule has 2 nitrogen and oxygen atoms in total. The van der Waals surface area contributed by atoms with Crippen molar-refractivity contribution in [2.75, 3.05) is 13.7 Å². The van der Waals surface area contributed by atoms with Crippen LogP contribution >= 0.6 is 0 Å². The second-order valence-corrected chi connectivity index (χ2v) is 3.82. The predicted octanol–water partition coefficient (Wildman–Crippen LogP) is 1.80. The number of ether oxygens (including phenoxy) is 1. The highest BCUT2D eigenvalue weighted by Crippen LogP contribution is 2.24. The van der Waals surface area contributed by atoms with Gasteiger partial charge in [0.05, 0.1) is 12.7 Å². The molecule has 1 fully saturated rings. The summed E-state index contributed by atoms with van der Waals surface area (Å²) in [4.78, 5) is 0. The van der Waals surface area contributed by atoms with Gasteiger partial charge in [-0.2, -0.15) is 0 Å². The van der Waals surface area contributed by atoms with Gasteiger partial charge in [0, 0.05) is 12.0 Å². The standard InChI is InChI=1S/C10H21NO/c1-4-5-10(11-3)9-6-8(2)12-7-9/h8-11H,4-7H2,1-3H3. The molecule has 72 valence electrons. The smallest absolute Gasteiger partial charge is 0.0551 e. The molecule has 0 radical (unpaired) electrons. The Morgan fingerprint density at radius 1 is 1.58 bits per heavy atom. The molecule has 0 aromatic rings. The minimum Gasteiger partial charge on any atom is -0.378 e. The van der Waals surface area contributed by atoms with Crippen molar-refractivity contribution < 1.29 is 4.74 Å². The monoisotopic (exact) mass is 171 g/mol. The second kappa shape index (κ2) is 4.83. The van der Waals surface area contributed by atoms with Gasteiger partial charge in [0.15, 0.2) is 0 Å². The Balaban J connectivity index is 2.33. The summed E-state index contributed by atoms with van der Waals surface area (Å²) in [6.45, 7) is 5.36. The number of hydrogen-bond acceptors (Lipinski definition) is 2. The first-order chi connectivity index (χ1) is 5.77. The molecule has 1 rings (SSSR count). The first kappa shape index (κ1) is 10.0. The van der Waals surface area contributed by atoms with Crippen LogP contribution in [0.2, 0.25) is 0 Å². The topological polar surface area (TPSA) is 21.3 Å². The number of nitrogens with one attached hydrogen (secondary N) is 1. The van der Waals surface area contributed by atoms with Crippen LogP contribution in [0.15, 0.2) is 0 Å². The highest BCUT2D eigenvalue weighted by atomic mass is 16.5. The minimum absolute atomic E-state index is 0.475. The van der Waals surface area contributed by atoms with Crippen molar-refractivity contribution in [3.05, 3.63) is 0 Å². The maximum atomic E-state index is 5.55. The van der Waals surface area contributed by atoms with Gasteiger partial charge in [-0.1, -0.05) is 13.3 Å². The van der Waals surface area contributed by atoms with Crippen LogP contribution in [0.1, 0.15) is 33.1 Å². The molecule has 0 aliphatic carbocycles. The Morgan fingerprint density at radius 2 is 2.33 bits per heavy atom. The zero-order valence-electron chi connectivity index (χ0n) is 8.47. The molecule has 3 unspecified atom stereocenters. The van der Waals surface area contributed by atoms with E-state index in [1.54, 1.807) is 0 Å². The van der Waals surface area contributed by atoms with Crippen molar-refractivity contribution in [2.45, 2.75) is 45.3 Å². The van der Waals surface area contributed by atoms with E-state index >= 15 is 0 Å². The summed E-state index contributed by atoms with van der Waals surface area (Å²) in [5.41, 5.74) is 0. The highest BCUT2D eigenvalue weighted by molar-refractivity contribution is 4.80. The average molecular weight is 171 g/mol. The van der Waals surface area contributed by atoms with E-state index in [4.69, 9.17) is 4.74 Å². The van der Waals surface area contributed by atoms with Crippen LogP contribution in [0, 0.1) is 5.92 Å². The molecule has 1 aliphatic heterocycles. The molecule has 1 heterocycles. The van der Waals surface area contributed by atoms with E-state index in [1.165, 1.54) is 19.3 Å². The van der Waals surface area contributed by atoms with E-state index < -0.39 is 0 Å². The van der Waals surface area contributed by atoms with E-state index in [0.29, 0.717) is 12.1 Å². The molecule has 0 saturated carbocycles. The molecule has 12 heavy (non-hydrogen) atoms. The molecular weight excluding hydrogens is 150 g/mol. The molecule has 0 aromatic heterocycles. The maximum Gasteiger partial charge on any atom is 0.0551 e. The lowest BCUT2D eigenvalue weighted by molar-refractivity contribution is 0.116. The molecule has 0 spiro atoms. The third-order valence-corrected chi connectivity index (χ3v) is 2.77. The Morgan fingerprint density at radius 3 is 2.75 bits per heavy atom. The van der Waals surface area contributed by atoms with Gasteiger partial charge in [-0.25, -0.2) is 0 Å². The van der Waals surface area contributed by atoms with Crippen molar-refractivity contribution in [3.8, 4) is 0 Å². The maximum absolute atomic E-state index is 5.55. The van der Waals surface area contributed by atoms with Crippen LogP contribution in [0.4, 0.5) is 0 Å². The Hall–Kier alpha value is -0.0800. The highest BCUT2D eigenvalue weighted by Gasteiger charge is 2.27. The fourth-order valence-electron chi connectivity index (χ4n) is 2.06. The predicted molar refractivity (Wildman–Crippen MR) is 51.3 cm³/mol. The van der Waals surface area contributed by atoms with Crippen LogP contribution < -0.4 is 5.32 Å². The number of hydrogen-bond donors (Lipinski definition) is 1. The molecule has 0 bridgehead atoms. The van der Waals surface area contributed by atoms with Gasteiger partial charge in [0.2, 0.25) is 0 Å². The van der Waals surface area contributed by atoms with Crippen LogP contribution in [-0.2, 0) is 4.74 Å². The third kappa shape index (κ3) is 2.46. The normalized spacial score (nSPS) is 32.2. The summed E-state index contributed by atoms with van der Waals surface area (Å²) in [5.74, 6) is 0.741. The molecule has 2 heteroatoms. The molecule has 1 N–H and O–H groups in total. The van der Waals surface area contributed by atoms with E-state index in [2.05, 4.69) is 26.2 Å². The minimum atomic E-state index is 0.475. The lowest BCUT2D eigenvalue weighted by atomic mass is 9.94. The third-order valence-electron chi connectivity index (χ3n) is 2.77. The Bertz CT molecular complexity index is 125. The van der Waals surface area contributed by atoms with Gasteiger partial charge in [-0.3, -0.25) is 0 Å². The Kier molecular flexibility index (Phi) is 4.02. The van der Waals surface area contributed by atoms with E-state index in [-0.39, 0.29) is 0 Å². The van der Waals surface area contributed by atoms with Crippen LogP contribution in [0.25, 0.3) is 0 Å². The fraction of sp³-hybridized carbons (Fsp3) is 1.00. The SMILES string of the molecule is CCCC(NC)C1COC(C)C1. The Labute approximate surface area is 75.7 Å². The molecule has 1 saturated heterocycles. The van der Waals surface area contributed by atoms with Crippen LogP contribution in [-0.4, -0.2) is 25.8 Å². The first-order valence-corrected chi connectivity index (χ1v) is 5.06. The summed E-state index contributed by atoms with van der Waals surface area (Å²) in [6.07, 6.45) is 4.24. The van der Waals surface area contributed by atoms with Crippen molar-refractivity contribution in [2.24, 2.45) is 5.92 Å². The largest absolute Gasteiger partial charge is 0.378 e. The van der Waals surface area contributed by atoms with Crippen molar-refractivity contribution in [1.82, 2.24) is 5.32 Å². The van der Waals surface area contributed by atoms with Crippen molar-refractivity contribution in [3.63, 3.8) is 0 Å². The summed E-state index contributed by atoms with van der Waals surface area (Å²) in [6, 6.07) is 0.667. The lowest BCUT2D eigenvalue weighted by Gasteiger charge is -2.20. The van der Waals surface area contributed by atoms with Gasteiger partial charge in [0.25, 0.3) is 0 Å². The van der Waals surface area contributed by atoms with Gasteiger partial charge in [-0.15, -0.1) is 0 Å². The zero-order chi connectivity index (χ0) is 8.97. The molecule has 0 amide bonds. The summed E-state index contributed by atoms with van der Waals surface area (Å²) >= 11 is 0. The van der Waals surface area contributed by atoms with E-state index in [9.17, 15) is 0 Å². The van der Waals surface area contributed by atoms with Gasteiger partial charge in [0.1, 0.15) is 0 Å². The summed E-state index contributed by atoms with van der Waals surface area (Å²) in [5, 5.41) is 3.39. The van der Waals surface area contributed by atoms with E-state index in [1.807, 2.05) is 0 Å². The molecule has 0 aromatic carbocycles. The molecule has 3 atom stereocenters. The quantitative estimate of drug-likeness (QED) is 0.696.